The Morgan fingerprint density at radius 1 is 1.15 bits per heavy atom. The summed E-state index contributed by atoms with van der Waals surface area (Å²) >= 11 is 0. The molecule has 0 saturated heterocycles. The van der Waals surface area contributed by atoms with E-state index in [0.717, 1.165) is 0 Å². The van der Waals surface area contributed by atoms with E-state index in [2.05, 4.69) is 15.3 Å². The van der Waals surface area contributed by atoms with Crippen LogP contribution in [-0.2, 0) is 4.74 Å². The molecule has 1 unspecified atom stereocenters. The maximum Gasteiger partial charge on any atom is 0.341 e. The number of aliphatic hydroxyl groups excluding tert-OH is 2. The van der Waals surface area contributed by atoms with Crippen LogP contribution < -0.4 is 14.8 Å². The number of carbonyl (C=O) groups excluding carboxylic acids is 1. The van der Waals surface area contributed by atoms with E-state index in [1.165, 1.54) is 6.20 Å². The molecule has 178 valence electrons. The monoisotopic (exact) mass is 477 g/mol. The first-order valence-electron chi connectivity index (χ1n) is 10.4. The number of rotatable bonds is 10. The molecule has 0 spiro atoms. The number of aryl methyl sites for hydroxylation is 1. The minimum Gasteiger partial charge on any atom is -0.492 e. The molecule has 3 aromatic rings. The summed E-state index contributed by atoms with van der Waals surface area (Å²) in [5.41, 5.74) is 2.65. The fourth-order valence-electron chi connectivity index (χ4n) is 3.02. The van der Waals surface area contributed by atoms with Crippen molar-refractivity contribution < 1.29 is 29.2 Å². The summed E-state index contributed by atoms with van der Waals surface area (Å²) in [4.78, 5) is 21.4. The third-order valence-corrected chi connectivity index (χ3v) is 4.57. The van der Waals surface area contributed by atoms with Gasteiger partial charge < -0.3 is 29.7 Å². The van der Waals surface area contributed by atoms with Crippen LogP contribution >= 0.6 is 12.4 Å². The van der Waals surface area contributed by atoms with Gasteiger partial charge in [-0.15, -0.1) is 12.4 Å². The number of nitrogens with zero attached hydrogens (tertiary/aromatic N) is 2. The SMILES string of the molecule is CCOC(=O)c1cnc2nc(C)c(OCC)cc2c1Nc1ccc(OCC(O)CO)cc1.Cl. The highest BCUT2D eigenvalue weighted by atomic mass is 35.5. The number of ether oxygens (including phenoxy) is 3. The van der Waals surface area contributed by atoms with Crippen molar-refractivity contribution in [2.75, 3.05) is 31.7 Å². The maximum atomic E-state index is 12.6. The van der Waals surface area contributed by atoms with Crippen LogP contribution in [0.4, 0.5) is 11.4 Å². The number of halogens is 1. The summed E-state index contributed by atoms with van der Waals surface area (Å²) in [6, 6.07) is 8.79. The number of esters is 1. The van der Waals surface area contributed by atoms with Crippen LogP contribution in [0.15, 0.2) is 36.5 Å². The van der Waals surface area contributed by atoms with Gasteiger partial charge in [-0.25, -0.2) is 14.8 Å². The van der Waals surface area contributed by atoms with Gasteiger partial charge in [-0.05, 0) is 51.1 Å². The molecule has 2 aromatic heterocycles. The fraction of sp³-hybridized carbons (Fsp3) is 0.348. The summed E-state index contributed by atoms with van der Waals surface area (Å²) in [5.74, 6) is 0.641. The number of hydrogen-bond acceptors (Lipinski definition) is 9. The Morgan fingerprint density at radius 2 is 1.88 bits per heavy atom. The normalized spacial score (nSPS) is 11.4. The Balaban J connectivity index is 0.00000385. The van der Waals surface area contributed by atoms with Gasteiger partial charge in [-0.3, -0.25) is 0 Å². The summed E-state index contributed by atoms with van der Waals surface area (Å²) in [6.45, 7) is 5.79. The number of benzene rings is 1. The molecule has 2 heterocycles. The van der Waals surface area contributed by atoms with Gasteiger partial charge in [0.25, 0.3) is 0 Å². The number of pyridine rings is 2. The van der Waals surface area contributed by atoms with E-state index in [4.69, 9.17) is 19.3 Å². The molecule has 0 amide bonds. The summed E-state index contributed by atoms with van der Waals surface area (Å²) in [6.07, 6.45) is 0.502. The number of anilines is 2. The van der Waals surface area contributed by atoms with Crippen LogP contribution in [0.2, 0.25) is 0 Å². The van der Waals surface area contributed by atoms with Crippen molar-refractivity contribution in [1.29, 1.82) is 0 Å². The molecule has 0 radical (unpaired) electrons. The minimum atomic E-state index is -0.946. The maximum absolute atomic E-state index is 12.6. The fourth-order valence-corrected chi connectivity index (χ4v) is 3.02. The second-order valence-corrected chi connectivity index (χ2v) is 6.94. The van der Waals surface area contributed by atoms with E-state index >= 15 is 0 Å². The molecule has 1 aromatic carbocycles. The zero-order valence-electron chi connectivity index (χ0n) is 18.7. The number of aromatic nitrogens is 2. The van der Waals surface area contributed by atoms with Gasteiger partial charge in [-0.2, -0.15) is 0 Å². The Morgan fingerprint density at radius 3 is 2.52 bits per heavy atom. The molecule has 3 rings (SSSR count). The van der Waals surface area contributed by atoms with Gasteiger partial charge in [0, 0.05) is 17.3 Å². The van der Waals surface area contributed by atoms with E-state index < -0.39 is 12.1 Å². The predicted molar refractivity (Wildman–Crippen MR) is 127 cm³/mol. The van der Waals surface area contributed by atoms with Crippen LogP contribution in [0.3, 0.4) is 0 Å². The number of aliphatic hydroxyl groups is 2. The van der Waals surface area contributed by atoms with Crippen molar-refractivity contribution in [2.45, 2.75) is 26.9 Å². The molecule has 0 bridgehead atoms. The summed E-state index contributed by atoms with van der Waals surface area (Å²) in [5, 5.41) is 22.2. The number of hydrogen-bond donors (Lipinski definition) is 3. The minimum absolute atomic E-state index is 0. The molecular weight excluding hydrogens is 450 g/mol. The van der Waals surface area contributed by atoms with Crippen molar-refractivity contribution >= 4 is 40.8 Å². The lowest BCUT2D eigenvalue weighted by molar-refractivity contribution is 0.0527. The van der Waals surface area contributed by atoms with Crippen LogP contribution in [-0.4, -0.2) is 58.7 Å². The van der Waals surface area contributed by atoms with E-state index in [0.29, 0.717) is 46.2 Å². The van der Waals surface area contributed by atoms with E-state index in [-0.39, 0.29) is 37.8 Å². The smallest absolute Gasteiger partial charge is 0.341 e. The number of fused-ring (bicyclic) bond motifs is 1. The Kier molecular flexibility index (Phi) is 9.65. The highest BCUT2D eigenvalue weighted by Crippen LogP contribution is 2.33. The van der Waals surface area contributed by atoms with Gasteiger partial charge >= 0.3 is 5.97 Å². The highest BCUT2D eigenvalue weighted by Gasteiger charge is 2.19. The second-order valence-electron chi connectivity index (χ2n) is 6.94. The third-order valence-electron chi connectivity index (χ3n) is 4.57. The lowest BCUT2D eigenvalue weighted by Crippen LogP contribution is -2.21. The van der Waals surface area contributed by atoms with Gasteiger partial charge in [0.2, 0.25) is 0 Å². The Bertz CT molecular complexity index is 1080. The van der Waals surface area contributed by atoms with Gasteiger partial charge in [-0.1, -0.05) is 0 Å². The average molecular weight is 478 g/mol. The van der Waals surface area contributed by atoms with Crippen LogP contribution in [0.5, 0.6) is 11.5 Å². The highest BCUT2D eigenvalue weighted by molar-refractivity contribution is 6.05. The van der Waals surface area contributed by atoms with E-state index in [9.17, 15) is 9.90 Å². The van der Waals surface area contributed by atoms with Crippen LogP contribution in [0.1, 0.15) is 29.9 Å². The van der Waals surface area contributed by atoms with Crippen molar-refractivity contribution in [3.8, 4) is 11.5 Å². The molecule has 0 aliphatic carbocycles. The van der Waals surface area contributed by atoms with E-state index in [1.54, 1.807) is 31.2 Å². The third kappa shape index (κ3) is 6.44. The van der Waals surface area contributed by atoms with Gasteiger partial charge in [0.05, 0.1) is 31.2 Å². The largest absolute Gasteiger partial charge is 0.492 e. The molecule has 1 atom stereocenters. The lowest BCUT2D eigenvalue weighted by Gasteiger charge is -2.16. The molecule has 33 heavy (non-hydrogen) atoms. The Labute approximate surface area is 198 Å². The summed E-state index contributed by atoms with van der Waals surface area (Å²) < 4.78 is 16.3. The first-order chi connectivity index (χ1) is 15.5. The first-order valence-corrected chi connectivity index (χ1v) is 10.4. The van der Waals surface area contributed by atoms with Crippen LogP contribution in [0, 0.1) is 6.92 Å². The van der Waals surface area contributed by atoms with Gasteiger partial charge in [0.1, 0.15) is 29.8 Å². The standard InChI is InChI=1S/C23H27N3O6.ClH/c1-4-30-20-10-18-21(19(23(29)31-5-2)11-24-22(18)25-14(20)3)26-15-6-8-17(9-7-15)32-13-16(28)12-27;/h6-11,16,27-28H,4-5,12-13H2,1-3H3,(H,24,25,26);1H. The Hall–Kier alpha value is -3.14. The van der Waals surface area contributed by atoms with Crippen LogP contribution in [0.25, 0.3) is 11.0 Å². The molecule has 10 heteroatoms. The molecule has 3 N–H and O–H groups in total. The number of carbonyl (C=O) groups is 1. The topological polar surface area (TPSA) is 123 Å². The lowest BCUT2D eigenvalue weighted by atomic mass is 10.1. The van der Waals surface area contributed by atoms with Crippen molar-refractivity contribution in [2.24, 2.45) is 0 Å². The molecule has 9 nitrogen and oxygen atoms in total. The van der Waals surface area contributed by atoms with Crippen molar-refractivity contribution in [3.05, 3.63) is 47.8 Å². The van der Waals surface area contributed by atoms with Gasteiger partial charge in [0.15, 0.2) is 5.65 Å². The molecule has 0 aliphatic rings. The summed E-state index contributed by atoms with van der Waals surface area (Å²) in [7, 11) is 0. The van der Waals surface area contributed by atoms with E-state index in [1.807, 2.05) is 19.9 Å². The zero-order chi connectivity index (χ0) is 23.1. The zero-order valence-corrected chi connectivity index (χ0v) is 19.5. The number of nitrogens with one attached hydrogen (secondary N) is 1. The van der Waals surface area contributed by atoms with Crippen molar-refractivity contribution in [3.63, 3.8) is 0 Å². The quantitative estimate of drug-likeness (QED) is 0.377. The van der Waals surface area contributed by atoms with Crippen molar-refractivity contribution in [1.82, 2.24) is 9.97 Å². The average Bonchev–Trinajstić information content (AvgIpc) is 2.79. The molecule has 0 fully saturated rings. The molecule has 0 aliphatic heterocycles. The molecule has 0 saturated carbocycles. The predicted octanol–water partition coefficient (Wildman–Crippen LogP) is 3.41. The second kappa shape index (κ2) is 12.2. The first kappa shape index (κ1) is 26.1. The molecular formula is C23H28ClN3O6.